The summed E-state index contributed by atoms with van der Waals surface area (Å²) in [6.07, 6.45) is 6.48. The van der Waals surface area contributed by atoms with Crippen LogP contribution in [0.4, 0.5) is 0 Å². The normalized spacial score (nSPS) is 45.8. The maximum atomic E-state index is 12.8. The van der Waals surface area contributed by atoms with Crippen LogP contribution in [0.1, 0.15) is 76.1 Å². The first-order valence-corrected chi connectivity index (χ1v) is 14.0. The van der Waals surface area contributed by atoms with Gasteiger partial charge in [-0.05, 0) is 119 Å². The fourth-order valence-electron chi connectivity index (χ4n) is 9.60. The van der Waals surface area contributed by atoms with Crippen LogP contribution < -0.4 is 5.32 Å². The van der Waals surface area contributed by atoms with E-state index in [-0.39, 0.29) is 17.2 Å². The van der Waals surface area contributed by atoms with E-state index in [1.807, 2.05) is 18.2 Å². The summed E-state index contributed by atoms with van der Waals surface area (Å²) in [5, 5.41) is 25.8. The van der Waals surface area contributed by atoms with Crippen molar-refractivity contribution < 1.29 is 15.0 Å². The van der Waals surface area contributed by atoms with Gasteiger partial charge in [-0.15, -0.1) is 0 Å². The van der Waals surface area contributed by atoms with Crippen LogP contribution in [0, 0.1) is 40.4 Å². The van der Waals surface area contributed by atoms with Crippen LogP contribution in [0.2, 0.25) is 0 Å². The number of aliphatic hydroxyl groups excluding tert-OH is 2. The summed E-state index contributed by atoms with van der Waals surface area (Å²) in [4.78, 5) is 15.2. The van der Waals surface area contributed by atoms with Gasteiger partial charge in [0.15, 0.2) is 0 Å². The SMILES string of the molecule is C[C@@H]([C@H]1CC[C@@H]2[C@H]3CC[C@H]4[C@@H](O)[C@@H](NC(=O)c5ccccc5)[C@@H](O)C[C@]4(C)[C@H]3CC[C@@]21C)N(C)C. The zero-order valence-corrected chi connectivity index (χ0v) is 22.3. The molecule has 4 saturated carbocycles. The predicted octanol–water partition coefficient (Wildman–Crippen LogP) is 4.34. The standard InChI is InChI=1S/C30H46N2O3/c1-18(32(4)5)21-13-14-22-20-11-12-24-27(34)26(31-28(35)19-9-7-6-8-10-19)25(33)17-30(24,3)23(20)15-16-29(21,22)2/h6-10,18,20-27,33-34H,11-17H2,1-5H3,(H,31,35)/t18-,20+,21+,22+,23-,24-,25-,26-,27+,29+,30+/m0/s1. The topological polar surface area (TPSA) is 72.8 Å². The van der Waals surface area contributed by atoms with E-state index in [1.54, 1.807) is 12.1 Å². The molecule has 0 bridgehead atoms. The second-order valence-electron chi connectivity index (χ2n) is 13.1. The molecule has 1 amide bonds. The molecule has 0 saturated heterocycles. The van der Waals surface area contributed by atoms with E-state index in [2.05, 4.69) is 45.1 Å². The van der Waals surface area contributed by atoms with Gasteiger partial charge in [-0.1, -0.05) is 32.0 Å². The van der Waals surface area contributed by atoms with E-state index in [0.29, 0.717) is 35.3 Å². The minimum atomic E-state index is -0.726. The van der Waals surface area contributed by atoms with E-state index in [0.717, 1.165) is 18.3 Å². The van der Waals surface area contributed by atoms with E-state index in [4.69, 9.17) is 0 Å². The molecule has 4 aliphatic rings. The van der Waals surface area contributed by atoms with Crippen molar-refractivity contribution in [3.8, 4) is 0 Å². The summed E-state index contributed by atoms with van der Waals surface area (Å²) in [5.41, 5.74) is 0.882. The fourth-order valence-corrected chi connectivity index (χ4v) is 9.60. The van der Waals surface area contributed by atoms with Crippen LogP contribution in [-0.4, -0.2) is 59.4 Å². The Labute approximate surface area is 211 Å². The van der Waals surface area contributed by atoms with E-state index >= 15 is 0 Å². The maximum Gasteiger partial charge on any atom is 0.251 e. The predicted molar refractivity (Wildman–Crippen MR) is 139 cm³/mol. The summed E-state index contributed by atoms with van der Waals surface area (Å²) >= 11 is 0. The van der Waals surface area contributed by atoms with Crippen molar-refractivity contribution in [2.75, 3.05) is 14.1 Å². The molecule has 194 valence electrons. The van der Waals surface area contributed by atoms with Gasteiger partial charge in [0.05, 0.1) is 18.2 Å². The minimum Gasteiger partial charge on any atom is -0.391 e. The molecule has 4 aliphatic carbocycles. The number of hydrogen-bond acceptors (Lipinski definition) is 4. The summed E-state index contributed by atoms with van der Waals surface area (Å²) in [7, 11) is 4.44. The number of amides is 1. The number of carbonyl (C=O) groups is 1. The number of fused-ring (bicyclic) bond motifs is 5. The first-order chi connectivity index (χ1) is 16.6. The van der Waals surface area contributed by atoms with Crippen molar-refractivity contribution in [1.82, 2.24) is 10.2 Å². The number of benzene rings is 1. The highest BCUT2D eigenvalue weighted by atomic mass is 16.3. The van der Waals surface area contributed by atoms with Gasteiger partial charge in [-0.2, -0.15) is 0 Å². The maximum absolute atomic E-state index is 12.8. The van der Waals surface area contributed by atoms with Crippen LogP contribution in [0.3, 0.4) is 0 Å². The van der Waals surface area contributed by atoms with Crippen molar-refractivity contribution in [2.24, 2.45) is 40.4 Å². The van der Waals surface area contributed by atoms with Crippen molar-refractivity contribution in [1.29, 1.82) is 0 Å². The molecule has 11 atom stereocenters. The van der Waals surface area contributed by atoms with Gasteiger partial charge in [0.25, 0.3) is 5.91 Å². The van der Waals surface area contributed by atoms with Gasteiger partial charge < -0.3 is 20.4 Å². The van der Waals surface area contributed by atoms with Gasteiger partial charge in [-0.3, -0.25) is 4.79 Å². The average Bonchev–Trinajstić information content (AvgIpc) is 3.18. The van der Waals surface area contributed by atoms with E-state index in [1.165, 1.54) is 32.1 Å². The van der Waals surface area contributed by atoms with Gasteiger partial charge >= 0.3 is 0 Å². The molecule has 5 rings (SSSR count). The zero-order chi connectivity index (χ0) is 25.1. The second-order valence-corrected chi connectivity index (χ2v) is 13.1. The van der Waals surface area contributed by atoms with Crippen LogP contribution in [0.5, 0.6) is 0 Å². The number of rotatable bonds is 4. The molecular weight excluding hydrogens is 436 g/mol. The lowest BCUT2D eigenvalue weighted by atomic mass is 9.43. The van der Waals surface area contributed by atoms with Gasteiger partial charge in [0.1, 0.15) is 0 Å². The van der Waals surface area contributed by atoms with Crippen LogP contribution >= 0.6 is 0 Å². The number of hydrogen-bond donors (Lipinski definition) is 3. The van der Waals surface area contributed by atoms with Gasteiger partial charge in [0.2, 0.25) is 0 Å². The number of aliphatic hydroxyl groups is 2. The highest BCUT2D eigenvalue weighted by Gasteiger charge is 2.63. The van der Waals surface area contributed by atoms with Crippen LogP contribution in [-0.2, 0) is 0 Å². The fraction of sp³-hybridized carbons (Fsp3) is 0.767. The molecule has 5 nitrogen and oxygen atoms in total. The highest BCUT2D eigenvalue weighted by Crippen LogP contribution is 2.68. The largest absolute Gasteiger partial charge is 0.391 e. The molecule has 1 aromatic carbocycles. The average molecular weight is 483 g/mol. The molecule has 3 N–H and O–H groups in total. The first-order valence-electron chi connectivity index (χ1n) is 14.0. The van der Waals surface area contributed by atoms with Crippen molar-refractivity contribution in [3.63, 3.8) is 0 Å². The molecule has 0 aromatic heterocycles. The monoisotopic (exact) mass is 482 g/mol. The Morgan fingerprint density at radius 1 is 0.971 bits per heavy atom. The third-order valence-electron chi connectivity index (χ3n) is 11.6. The first kappa shape index (κ1) is 25.2. The third-order valence-corrected chi connectivity index (χ3v) is 11.6. The lowest BCUT2D eigenvalue weighted by molar-refractivity contribution is -0.177. The number of nitrogens with one attached hydrogen (secondary N) is 1. The van der Waals surface area contributed by atoms with Gasteiger partial charge in [-0.25, -0.2) is 0 Å². The molecule has 0 heterocycles. The van der Waals surface area contributed by atoms with Crippen LogP contribution in [0.15, 0.2) is 30.3 Å². The van der Waals surface area contributed by atoms with Gasteiger partial charge in [0, 0.05) is 11.6 Å². The molecule has 0 unspecified atom stereocenters. The molecule has 5 heteroatoms. The molecule has 0 aliphatic heterocycles. The zero-order valence-electron chi connectivity index (χ0n) is 22.3. The summed E-state index contributed by atoms with van der Waals surface area (Å²) in [6, 6.07) is 9.10. The second kappa shape index (κ2) is 9.15. The molecule has 4 fully saturated rings. The Balaban J connectivity index is 1.34. The third kappa shape index (κ3) is 3.97. The Kier molecular flexibility index (Phi) is 6.59. The Hall–Kier alpha value is -1.43. The minimum absolute atomic E-state index is 0.0810. The molecule has 1 aromatic rings. The molecular formula is C30H46N2O3. The smallest absolute Gasteiger partial charge is 0.251 e. The Morgan fingerprint density at radius 2 is 1.63 bits per heavy atom. The number of nitrogens with zero attached hydrogens (tertiary/aromatic N) is 1. The number of carbonyl (C=O) groups excluding carboxylic acids is 1. The molecule has 0 spiro atoms. The Bertz CT molecular complexity index is 921. The highest BCUT2D eigenvalue weighted by molar-refractivity contribution is 5.94. The lowest BCUT2D eigenvalue weighted by Gasteiger charge is -2.63. The van der Waals surface area contributed by atoms with E-state index in [9.17, 15) is 15.0 Å². The summed E-state index contributed by atoms with van der Waals surface area (Å²) < 4.78 is 0. The van der Waals surface area contributed by atoms with Crippen LogP contribution in [0.25, 0.3) is 0 Å². The summed E-state index contributed by atoms with van der Waals surface area (Å²) in [6.45, 7) is 7.31. The molecule has 0 radical (unpaired) electrons. The lowest BCUT2D eigenvalue weighted by Crippen LogP contribution is -2.65. The van der Waals surface area contributed by atoms with Crippen molar-refractivity contribution in [3.05, 3.63) is 35.9 Å². The van der Waals surface area contributed by atoms with Crippen molar-refractivity contribution in [2.45, 2.75) is 90.0 Å². The Morgan fingerprint density at radius 3 is 2.31 bits per heavy atom. The summed E-state index contributed by atoms with van der Waals surface area (Å²) in [5.74, 6) is 2.62. The van der Waals surface area contributed by atoms with Crippen molar-refractivity contribution >= 4 is 5.91 Å². The molecule has 35 heavy (non-hydrogen) atoms. The quantitative estimate of drug-likeness (QED) is 0.597. The van der Waals surface area contributed by atoms with E-state index < -0.39 is 18.2 Å².